The van der Waals surface area contributed by atoms with Gasteiger partial charge in [0.05, 0.1) is 3.57 Å². The number of nitrogens with one attached hydrogen (secondary N) is 1. The number of thioether (sulfide) groups is 1. The number of piperidine rings is 1. The summed E-state index contributed by atoms with van der Waals surface area (Å²) in [4.78, 5) is 6.76. The van der Waals surface area contributed by atoms with Gasteiger partial charge in [-0.05, 0) is 41.0 Å². The molecule has 1 unspecified atom stereocenters. The first-order chi connectivity index (χ1) is 11.1. The largest absolute Gasteiger partial charge is 0.489 e. The molecule has 1 N–H and O–H groups in total. The van der Waals surface area contributed by atoms with Crippen molar-refractivity contribution in [2.75, 3.05) is 32.9 Å². The van der Waals surface area contributed by atoms with E-state index in [0.29, 0.717) is 11.4 Å². The molecule has 1 aliphatic heterocycles. The van der Waals surface area contributed by atoms with Gasteiger partial charge in [-0.3, -0.25) is 4.99 Å². The van der Waals surface area contributed by atoms with Gasteiger partial charge in [-0.2, -0.15) is 11.8 Å². The van der Waals surface area contributed by atoms with Gasteiger partial charge in [0.15, 0.2) is 5.96 Å². The lowest BCUT2D eigenvalue weighted by molar-refractivity contribution is 0.128. The SMILES string of the molecule is CN=C(NCC(C)SC)N1CCC(Oc2ccccc2I)CC1. The second-order valence-corrected chi connectivity index (χ2v) is 8.15. The zero-order valence-corrected chi connectivity index (χ0v) is 17.1. The topological polar surface area (TPSA) is 36.9 Å². The van der Waals surface area contributed by atoms with Crippen LogP contribution in [0.2, 0.25) is 0 Å². The van der Waals surface area contributed by atoms with Crippen LogP contribution in [0.25, 0.3) is 0 Å². The average Bonchev–Trinajstić information content (AvgIpc) is 2.58. The molecule has 1 aromatic rings. The lowest BCUT2D eigenvalue weighted by Gasteiger charge is -2.34. The van der Waals surface area contributed by atoms with E-state index in [-0.39, 0.29) is 0 Å². The Hall–Kier alpha value is -0.630. The highest BCUT2D eigenvalue weighted by Crippen LogP contribution is 2.24. The minimum atomic E-state index is 0.297. The number of benzene rings is 1. The zero-order valence-electron chi connectivity index (χ0n) is 14.1. The molecule has 1 aromatic carbocycles. The summed E-state index contributed by atoms with van der Waals surface area (Å²) >= 11 is 4.20. The van der Waals surface area contributed by atoms with Crippen LogP contribution >= 0.6 is 34.4 Å². The Bertz CT molecular complexity index is 518. The minimum Gasteiger partial charge on any atom is -0.489 e. The number of hydrogen-bond donors (Lipinski definition) is 1. The number of guanidine groups is 1. The molecule has 0 saturated carbocycles. The summed E-state index contributed by atoms with van der Waals surface area (Å²) in [6.45, 7) is 5.15. The monoisotopic (exact) mass is 447 g/mol. The molecule has 23 heavy (non-hydrogen) atoms. The molecule has 4 nitrogen and oxygen atoms in total. The van der Waals surface area contributed by atoms with E-state index >= 15 is 0 Å². The first kappa shape index (κ1) is 18.7. The van der Waals surface area contributed by atoms with E-state index in [1.54, 1.807) is 0 Å². The van der Waals surface area contributed by atoms with Crippen LogP contribution < -0.4 is 10.1 Å². The lowest BCUT2D eigenvalue weighted by Crippen LogP contribution is -2.48. The standard InChI is InChI=1S/C17H26IN3OS/c1-13(23-3)12-20-17(19-2)21-10-8-14(9-11-21)22-16-7-5-4-6-15(16)18/h4-7,13-14H,8-12H2,1-3H3,(H,19,20). The highest BCUT2D eigenvalue weighted by Gasteiger charge is 2.23. The van der Waals surface area contributed by atoms with Crippen molar-refractivity contribution in [3.63, 3.8) is 0 Å². The van der Waals surface area contributed by atoms with Crippen LogP contribution in [0.3, 0.4) is 0 Å². The van der Waals surface area contributed by atoms with Gasteiger partial charge >= 0.3 is 0 Å². The maximum Gasteiger partial charge on any atom is 0.193 e. The summed E-state index contributed by atoms with van der Waals surface area (Å²) in [5.74, 6) is 2.02. The van der Waals surface area contributed by atoms with Crippen LogP contribution in [0.15, 0.2) is 29.3 Å². The van der Waals surface area contributed by atoms with Gasteiger partial charge in [0, 0.05) is 44.8 Å². The van der Waals surface area contributed by atoms with Crippen molar-refractivity contribution >= 4 is 40.3 Å². The summed E-state index contributed by atoms with van der Waals surface area (Å²) in [5, 5.41) is 4.07. The van der Waals surface area contributed by atoms with Crippen LogP contribution in [0.1, 0.15) is 19.8 Å². The van der Waals surface area contributed by atoms with Crippen LogP contribution in [0.4, 0.5) is 0 Å². The number of para-hydroxylation sites is 1. The lowest BCUT2D eigenvalue weighted by atomic mass is 10.1. The Kier molecular flexibility index (Phi) is 7.82. The van der Waals surface area contributed by atoms with E-state index in [2.05, 4.69) is 63.1 Å². The summed E-state index contributed by atoms with van der Waals surface area (Å²) in [7, 11) is 1.86. The Balaban J connectivity index is 1.82. The molecule has 6 heteroatoms. The summed E-state index contributed by atoms with van der Waals surface area (Å²) in [6.07, 6.45) is 4.50. The normalized spacial score (nSPS) is 17.9. The van der Waals surface area contributed by atoms with Gasteiger partial charge in [0.25, 0.3) is 0 Å². The number of likely N-dealkylation sites (tertiary alicyclic amines) is 1. The first-order valence-electron chi connectivity index (χ1n) is 8.03. The predicted molar refractivity (Wildman–Crippen MR) is 109 cm³/mol. The van der Waals surface area contributed by atoms with Gasteiger partial charge in [-0.15, -0.1) is 0 Å². The minimum absolute atomic E-state index is 0.297. The van der Waals surface area contributed by atoms with Gasteiger partial charge in [0.1, 0.15) is 11.9 Å². The van der Waals surface area contributed by atoms with Crippen molar-refractivity contribution in [2.24, 2.45) is 4.99 Å². The number of nitrogens with zero attached hydrogens (tertiary/aromatic N) is 2. The average molecular weight is 447 g/mol. The van der Waals surface area contributed by atoms with E-state index < -0.39 is 0 Å². The third-order valence-electron chi connectivity index (χ3n) is 4.03. The molecule has 0 radical (unpaired) electrons. The molecule has 1 aliphatic rings. The fourth-order valence-electron chi connectivity index (χ4n) is 2.56. The highest BCUT2D eigenvalue weighted by molar-refractivity contribution is 14.1. The molecule has 1 heterocycles. The van der Waals surface area contributed by atoms with Crippen molar-refractivity contribution in [1.82, 2.24) is 10.2 Å². The molecule has 0 amide bonds. The van der Waals surface area contributed by atoms with Crippen molar-refractivity contribution < 1.29 is 4.74 Å². The highest BCUT2D eigenvalue weighted by atomic mass is 127. The molecular formula is C17H26IN3OS. The van der Waals surface area contributed by atoms with E-state index in [4.69, 9.17) is 4.74 Å². The summed E-state index contributed by atoms with van der Waals surface area (Å²) in [6, 6.07) is 8.22. The van der Waals surface area contributed by atoms with Gasteiger partial charge < -0.3 is 15.0 Å². The Morgan fingerprint density at radius 1 is 1.43 bits per heavy atom. The zero-order chi connectivity index (χ0) is 16.7. The molecule has 1 saturated heterocycles. The van der Waals surface area contributed by atoms with E-state index in [0.717, 1.165) is 44.2 Å². The molecule has 0 bridgehead atoms. The number of rotatable bonds is 5. The first-order valence-corrected chi connectivity index (χ1v) is 10.4. The van der Waals surface area contributed by atoms with Gasteiger partial charge in [0.2, 0.25) is 0 Å². The molecule has 2 rings (SSSR count). The second kappa shape index (κ2) is 9.61. The Labute approximate surface area is 157 Å². The van der Waals surface area contributed by atoms with Crippen LogP contribution in [-0.4, -0.2) is 55.2 Å². The summed E-state index contributed by atoms with van der Waals surface area (Å²) < 4.78 is 7.34. The Morgan fingerprint density at radius 2 is 2.13 bits per heavy atom. The number of hydrogen-bond acceptors (Lipinski definition) is 3. The number of aliphatic imine (C=N–C) groups is 1. The predicted octanol–water partition coefficient (Wildman–Crippen LogP) is 3.46. The van der Waals surface area contributed by atoms with Crippen molar-refractivity contribution in [2.45, 2.75) is 31.1 Å². The molecule has 1 atom stereocenters. The second-order valence-electron chi connectivity index (χ2n) is 5.71. The van der Waals surface area contributed by atoms with E-state index in [1.807, 2.05) is 30.9 Å². The van der Waals surface area contributed by atoms with Crippen LogP contribution in [-0.2, 0) is 0 Å². The molecule has 1 fully saturated rings. The third-order valence-corrected chi connectivity index (χ3v) is 5.90. The fourth-order valence-corrected chi connectivity index (χ4v) is 3.32. The smallest absolute Gasteiger partial charge is 0.193 e. The van der Waals surface area contributed by atoms with E-state index in [9.17, 15) is 0 Å². The van der Waals surface area contributed by atoms with E-state index in [1.165, 1.54) is 3.57 Å². The molecule has 0 aromatic heterocycles. The fraction of sp³-hybridized carbons (Fsp3) is 0.588. The quantitative estimate of drug-likeness (QED) is 0.426. The van der Waals surface area contributed by atoms with Crippen molar-refractivity contribution in [1.29, 1.82) is 0 Å². The number of halogens is 1. The van der Waals surface area contributed by atoms with Crippen molar-refractivity contribution in [3.05, 3.63) is 27.8 Å². The Morgan fingerprint density at radius 3 is 2.74 bits per heavy atom. The van der Waals surface area contributed by atoms with Crippen LogP contribution in [0, 0.1) is 3.57 Å². The van der Waals surface area contributed by atoms with Crippen molar-refractivity contribution in [3.8, 4) is 5.75 Å². The maximum absolute atomic E-state index is 6.17. The van der Waals surface area contributed by atoms with Crippen LogP contribution in [0.5, 0.6) is 5.75 Å². The molecule has 0 spiro atoms. The third kappa shape index (κ3) is 5.74. The van der Waals surface area contributed by atoms with Gasteiger partial charge in [-0.1, -0.05) is 19.1 Å². The summed E-state index contributed by atoms with van der Waals surface area (Å²) in [5.41, 5.74) is 0. The molecule has 128 valence electrons. The van der Waals surface area contributed by atoms with Gasteiger partial charge in [-0.25, -0.2) is 0 Å². The maximum atomic E-state index is 6.17. The number of ether oxygens (including phenoxy) is 1. The molecular weight excluding hydrogens is 421 g/mol. The molecule has 0 aliphatic carbocycles.